The molecule has 1 aliphatic rings. The second-order valence-corrected chi connectivity index (χ2v) is 3.79. The molecule has 1 aliphatic carbocycles. The van der Waals surface area contributed by atoms with E-state index in [2.05, 4.69) is 10.2 Å². The van der Waals surface area contributed by atoms with E-state index in [4.69, 9.17) is 5.11 Å². The van der Waals surface area contributed by atoms with E-state index in [0.717, 1.165) is 17.7 Å². The molecule has 3 amide bonds. The molecule has 0 spiro atoms. The van der Waals surface area contributed by atoms with Gasteiger partial charge in [0.25, 0.3) is 0 Å². The zero-order valence-electron chi connectivity index (χ0n) is 9.43. The van der Waals surface area contributed by atoms with Crippen molar-refractivity contribution in [3.05, 3.63) is 0 Å². The highest BCUT2D eigenvalue weighted by atomic mass is 16.7. The minimum Gasteiger partial charge on any atom is -0.479 e. The molecule has 0 saturated heterocycles. The lowest BCUT2D eigenvalue weighted by molar-refractivity contribution is -0.144. The summed E-state index contributed by atoms with van der Waals surface area (Å²) in [6.45, 7) is -0.730. The first kappa shape index (κ1) is 13.2. The van der Waals surface area contributed by atoms with Gasteiger partial charge in [0.05, 0.1) is 0 Å². The Morgan fingerprint density at radius 3 is 2.59 bits per heavy atom. The van der Waals surface area contributed by atoms with E-state index >= 15 is 0 Å². The Labute approximate surface area is 97.9 Å². The van der Waals surface area contributed by atoms with Crippen LogP contribution in [-0.4, -0.2) is 54.2 Å². The van der Waals surface area contributed by atoms with Gasteiger partial charge < -0.3 is 15.3 Å². The lowest BCUT2D eigenvalue weighted by Crippen LogP contribution is -2.44. The Balaban J connectivity index is 2.16. The van der Waals surface area contributed by atoms with E-state index in [1.807, 2.05) is 5.48 Å². The number of nitrogens with one attached hydrogen (secondary N) is 2. The van der Waals surface area contributed by atoms with Crippen LogP contribution in [0.25, 0.3) is 0 Å². The number of hydroxylamine groups is 1. The number of rotatable bonds is 6. The number of carbonyl (C=O) groups excluding carboxylic acids is 2. The highest BCUT2D eigenvalue weighted by molar-refractivity contribution is 5.83. The van der Waals surface area contributed by atoms with Gasteiger partial charge in [-0.15, -0.1) is 0 Å². The molecule has 17 heavy (non-hydrogen) atoms. The van der Waals surface area contributed by atoms with E-state index in [9.17, 15) is 14.4 Å². The van der Waals surface area contributed by atoms with Crippen LogP contribution in [0.2, 0.25) is 0 Å². The molecule has 3 N–H and O–H groups in total. The van der Waals surface area contributed by atoms with Crippen LogP contribution in [-0.2, 0) is 14.4 Å². The van der Waals surface area contributed by atoms with Crippen LogP contribution in [0.1, 0.15) is 12.8 Å². The average molecular weight is 245 g/mol. The van der Waals surface area contributed by atoms with Crippen molar-refractivity contribution in [2.45, 2.75) is 18.9 Å². The molecule has 1 saturated carbocycles. The number of likely N-dealkylation sites (N-methyl/N-ethyl adjacent to an activating group) is 1. The topological polar surface area (TPSA) is 108 Å². The molecule has 0 aromatic rings. The summed E-state index contributed by atoms with van der Waals surface area (Å²) in [7, 11) is 1.41. The van der Waals surface area contributed by atoms with E-state index in [0.29, 0.717) is 0 Å². The molecule has 0 heterocycles. The first-order valence-electron chi connectivity index (χ1n) is 5.13. The quantitative estimate of drug-likeness (QED) is 0.516. The average Bonchev–Trinajstić information content (AvgIpc) is 3.00. The van der Waals surface area contributed by atoms with Gasteiger partial charge in [0.15, 0.2) is 6.61 Å². The minimum atomic E-state index is -1.19. The summed E-state index contributed by atoms with van der Waals surface area (Å²) >= 11 is 0. The zero-order chi connectivity index (χ0) is 12.8. The van der Waals surface area contributed by atoms with Gasteiger partial charge in [0.2, 0.25) is 5.91 Å². The number of carbonyl (C=O) groups is 3. The molecule has 8 nitrogen and oxygen atoms in total. The van der Waals surface area contributed by atoms with Crippen LogP contribution in [0.3, 0.4) is 0 Å². The van der Waals surface area contributed by atoms with Crippen molar-refractivity contribution in [2.24, 2.45) is 0 Å². The van der Waals surface area contributed by atoms with Gasteiger partial charge in [0.1, 0.15) is 6.54 Å². The monoisotopic (exact) mass is 245 g/mol. The fourth-order valence-corrected chi connectivity index (χ4v) is 1.03. The Kier molecular flexibility index (Phi) is 4.70. The van der Waals surface area contributed by atoms with Crippen molar-refractivity contribution in [3.8, 4) is 0 Å². The molecular formula is C9H15N3O5. The number of hydrogen-bond donors (Lipinski definition) is 3. The Bertz CT molecular complexity index is 316. The van der Waals surface area contributed by atoms with Gasteiger partial charge in [-0.1, -0.05) is 0 Å². The maximum Gasteiger partial charge on any atom is 0.341 e. The van der Waals surface area contributed by atoms with Crippen molar-refractivity contribution in [1.82, 2.24) is 15.7 Å². The van der Waals surface area contributed by atoms with E-state index in [1.165, 1.54) is 7.05 Å². The van der Waals surface area contributed by atoms with Crippen molar-refractivity contribution in [3.63, 3.8) is 0 Å². The van der Waals surface area contributed by atoms with Gasteiger partial charge in [0, 0.05) is 13.1 Å². The molecule has 1 rings (SSSR count). The smallest absolute Gasteiger partial charge is 0.341 e. The number of carboxylic acids is 1. The third-order valence-corrected chi connectivity index (χ3v) is 2.03. The highest BCUT2D eigenvalue weighted by Gasteiger charge is 2.24. The second kappa shape index (κ2) is 6.04. The van der Waals surface area contributed by atoms with Gasteiger partial charge in [-0.25, -0.2) is 15.1 Å². The van der Waals surface area contributed by atoms with Crippen LogP contribution in [0, 0.1) is 0 Å². The molecule has 0 unspecified atom stereocenters. The maximum atomic E-state index is 11.3. The SMILES string of the molecule is CN(CC(=O)NC1CC1)C(=O)NOCC(=O)O. The third-order valence-electron chi connectivity index (χ3n) is 2.03. The summed E-state index contributed by atoms with van der Waals surface area (Å²) in [5.74, 6) is -1.44. The normalized spacial score (nSPS) is 13.9. The molecule has 96 valence electrons. The fourth-order valence-electron chi connectivity index (χ4n) is 1.03. The summed E-state index contributed by atoms with van der Waals surface area (Å²) in [4.78, 5) is 38.2. The second-order valence-electron chi connectivity index (χ2n) is 3.79. The zero-order valence-corrected chi connectivity index (χ0v) is 9.43. The molecule has 0 radical (unpaired) electrons. The van der Waals surface area contributed by atoms with E-state index < -0.39 is 18.6 Å². The molecule has 0 atom stereocenters. The molecule has 0 aromatic carbocycles. The predicted molar refractivity (Wildman–Crippen MR) is 55.9 cm³/mol. The summed E-state index contributed by atoms with van der Waals surface area (Å²) in [6.07, 6.45) is 1.95. The molecule has 8 heteroatoms. The van der Waals surface area contributed by atoms with Crippen LogP contribution in [0.15, 0.2) is 0 Å². The molecule has 0 bridgehead atoms. The number of nitrogens with zero attached hydrogens (tertiary/aromatic N) is 1. The largest absolute Gasteiger partial charge is 0.479 e. The lowest BCUT2D eigenvalue weighted by atomic mass is 10.5. The molecular weight excluding hydrogens is 230 g/mol. The molecule has 1 fully saturated rings. The van der Waals surface area contributed by atoms with Crippen molar-refractivity contribution in [2.75, 3.05) is 20.2 Å². The highest BCUT2D eigenvalue weighted by Crippen LogP contribution is 2.18. The van der Waals surface area contributed by atoms with Crippen molar-refractivity contribution in [1.29, 1.82) is 0 Å². The molecule has 0 aromatic heterocycles. The molecule has 0 aliphatic heterocycles. The lowest BCUT2D eigenvalue weighted by Gasteiger charge is -2.16. The maximum absolute atomic E-state index is 11.3. The fraction of sp³-hybridized carbons (Fsp3) is 0.667. The minimum absolute atomic E-state index is 0.0984. The number of carboxylic acid groups (broad SMARTS) is 1. The van der Waals surface area contributed by atoms with E-state index in [1.54, 1.807) is 0 Å². The summed E-state index contributed by atoms with van der Waals surface area (Å²) < 4.78 is 0. The van der Waals surface area contributed by atoms with Crippen LogP contribution in [0.5, 0.6) is 0 Å². The van der Waals surface area contributed by atoms with Crippen LogP contribution < -0.4 is 10.8 Å². The van der Waals surface area contributed by atoms with Gasteiger partial charge in [-0.2, -0.15) is 0 Å². The van der Waals surface area contributed by atoms with Crippen molar-refractivity contribution >= 4 is 17.9 Å². The van der Waals surface area contributed by atoms with Crippen molar-refractivity contribution < 1.29 is 24.3 Å². The van der Waals surface area contributed by atoms with Crippen LogP contribution >= 0.6 is 0 Å². The number of hydrogen-bond acceptors (Lipinski definition) is 4. The number of aliphatic carboxylic acids is 1. The summed E-state index contributed by atoms with van der Waals surface area (Å²) in [5.41, 5.74) is 1.91. The Morgan fingerprint density at radius 2 is 2.06 bits per heavy atom. The van der Waals surface area contributed by atoms with Crippen LogP contribution in [0.4, 0.5) is 4.79 Å². The van der Waals surface area contributed by atoms with Gasteiger partial charge in [-0.05, 0) is 12.8 Å². The standard InChI is InChI=1S/C9H15N3O5/c1-12(4-7(13)10-6-2-3-6)9(16)11-17-5-8(14)15/h6H,2-5H2,1H3,(H,10,13)(H,11,16)(H,14,15). The summed E-state index contributed by atoms with van der Waals surface area (Å²) in [6, 6.07) is -0.431. The number of urea groups is 1. The van der Waals surface area contributed by atoms with E-state index in [-0.39, 0.29) is 18.5 Å². The number of amides is 3. The first-order chi connectivity index (χ1) is 7.99. The Hall–Kier alpha value is -1.83. The Morgan fingerprint density at radius 1 is 1.41 bits per heavy atom. The third kappa shape index (κ3) is 5.71. The summed E-state index contributed by atoms with van der Waals surface area (Å²) in [5, 5.41) is 11.0. The van der Waals surface area contributed by atoms with Gasteiger partial charge >= 0.3 is 12.0 Å². The predicted octanol–water partition coefficient (Wildman–Crippen LogP) is -1.08. The first-order valence-corrected chi connectivity index (χ1v) is 5.13. The van der Waals surface area contributed by atoms with Gasteiger partial charge in [-0.3, -0.25) is 9.63 Å².